The fraction of sp³-hybridized carbons (Fsp3) is 0.733. The highest BCUT2D eigenvalue weighted by molar-refractivity contribution is 6.74. The maximum Gasteiger partial charge on any atom is 0.407 e. The molecule has 0 heterocycles. The van der Waals surface area contributed by atoms with E-state index in [1.165, 1.54) is 0 Å². The zero-order valence-corrected chi connectivity index (χ0v) is 26.4. The van der Waals surface area contributed by atoms with Gasteiger partial charge in [-0.25, -0.2) is 9.59 Å². The van der Waals surface area contributed by atoms with Gasteiger partial charge in [0.1, 0.15) is 12.2 Å². The van der Waals surface area contributed by atoms with Crippen LogP contribution in [0.3, 0.4) is 0 Å². The first kappa shape index (κ1) is 34.1. The SMILES string of the molecule is CC(C)CC[C@@H](CCCO[Si](C)(C)C(C)(C)C)[C@@H](NC(=O)OC(C)(C)C)[C@H](O)C(=O)OCc1ccccc1. The second-order valence-corrected chi connectivity index (χ2v) is 18.0. The lowest BCUT2D eigenvalue weighted by Crippen LogP contribution is -2.53. The number of alkyl carbamates (subject to hydrolysis) is 1. The van der Waals surface area contributed by atoms with E-state index in [9.17, 15) is 14.7 Å². The lowest BCUT2D eigenvalue weighted by Gasteiger charge is -2.36. The Morgan fingerprint density at radius 1 is 0.974 bits per heavy atom. The summed E-state index contributed by atoms with van der Waals surface area (Å²) in [4.78, 5) is 25.7. The fourth-order valence-corrected chi connectivity index (χ4v) is 4.89. The predicted molar refractivity (Wildman–Crippen MR) is 155 cm³/mol. The number of aliphatic hydroxyl groups excluding tert-OH is 1. The fourth-order valence-electron chi connectivity index (χ4n) is 3.80. The van der Waals surface area contributed by atoms with Gasteiger partial charge in [-0.1, -0.05) is 71.4 Å². The van der Waals surface area contributed by atoms with Gasteiger partial charge in [-0.05, 0) is 75.6 Å². The molecule has 0 radical (unpaired) electrons. The molecule has 7 nitrogen and oxygen atoms in total. The summed E-state index contributed by atoms with van der Waals surface area (Å²) >= 11 is 0. The molecule has 38 heavy (non-hydrogen) atoms. The van der Waals surface area contributed by atoms with Crippen LogP contribution in [0.25, 0.3) is 0 Å². The highest BCUT2D eigenvalue weighted by Crippen LogP contribution is 2.36. The molecule has 0 spiro atoms. The summed E-state index contributed by atoms with van der Waals surface area (Å²) < 4.78 is 17.3. The molecule has 0 aliphatic rings. The Morgan fingerprint density at radius 2 is 1.58 bits per heavy atom. The average molecular weight is 552 g/mol. The zero-order chi connectivity index (χ0) is 29.1. The van der Waals surface area contributed by atoms with Crippen LogP contribution in [0.1, 0.15) is 86.6 Å². The van der Waals surface area contributed by atoms with Crippen molar-refractivity contribution in [3.05, 3.63) is 35.9 Å². The summed E-state index contributed by atoms with van der Waals surface area (Å²) in [6.45, 7) is 21.3. The Balaban J connectivity index is 3.06. The van der Waals surface area contributed by atoms with Crippen molar-refractivity contribution in [3.8, 4) is 0 Å². The lowest BCUT2D eigenvalue weighted by atomic mass is 9.85. The largest absolute Gasteiger partial charge is 0.459 e. The van der Waals surface area contributed by atoms with Crippen molar-refractivity contribution in [2.45, 2.75) is 124 Å². The number of carbonyl (C=O) groups excluding carboxylic acids is 2. The Morgan fingerprint density at radius 3 is 2.11 bits per heavy atom. The van der Waals surface area contributed by atoms with Crippen LogP contribution in [0.4, 0.5) is 4.79 Å². The minimum Gasteiger partial charge on any atom is -0.459 e. The third kappa shape index (κ3) is 12.8. The molecule has 2 N–H and O–H groups in total. The van der Waals surface area contributed by atoms with E-state index in [-0.39, 0.29) is 17.6 Å². The third-order valence-corrected chi connectivity index (χ3v) is 11.6. The standard InChI is InChI=1S/C30H53NO6Si/c1-22(2)18-19-24(17-14-20-36-38(9,10)30(6,7)8)25(31-28(34)37-29(3,4)5)26(32)27(33)35-21-23-15-12-11-13-16-23/h11-13,15-16,22,24-26,32H,14,17-21H2,1-10H3,(H,31,34)/t24-,25-,26+/m1/s1. The van der Waals surface area contributed by atoms with Crippen molar-refractivity contribution in [1.29, 1.82) is 0 Å². The number of esters is 1. The smallest absolute Gasteiger partial charge is 0.407 e. The van der Waals surface area contributed by atoms with Crippen LogP contribution in [0.15, 0.2) is 30.3 Å². The average Bonchev–Trinajstić information content (AvgIpc) is 2.79. The molecule has 0 bridgehead atoms. The van der Waals surface area contributed by atoms with Crippen molar-refractivity contribution < 1.29 is 28.6 Å². The Bertz CT molecular complexity index is 845. The molecular formula is C30H53NO6Si. The lowest BCUT2D eigenvalue weighted by molar-refractivity contribution is -0.157. The molecule has 0 unspecified atom stereocenters. The second-order valence-electron chi connectivity index (χ2n) is 13.2. The van der Waals surface area contributed by atoms with Crippen molar-refractivity contribution in [3.63, 3.8) is 0 Å². The summed E-state index contributed by atoms with van der Waals surface area (Å²) in [7, 11) is -1.89. The first-order valence-corrected chi connectivity index (χ1v) is 16.9. The molecule has 1 aromatic carbocycles. The summed E-state index contributed by atoms with van der Waals surface area (Å²) in [5.74, 6) is -0.487. The predicted octanol–water partition coefficient (Wildman–Crippen LogP) is 6.84. The van der Waals surface area contributed by atoms with Gasteiger partial charge in [0.15, 0.2) is 14.4 Å². The van der Waals surface area contributed by atoms with Gasteiger partial charge in [0.25, 0.3) is 0 Å². The topological polar surface area (TPSA) is 94.1 Å². The van der Waals surface area contributed by atoms with E-state index in [0.717, 1.165) is 24.8 Å². The molecule has 1 rings (SSSR count). The Labute approximate surface area is 232 Å². The zero-order valence-electron chi connectivity index (χ0n) is 25.4. The summed E-state index contributed by atoms with van der Waals surface area (Å²) in [6.07, 6.45) is 0.889. The van der Waals surface area contributed by atoms with Gasteiger partial charge < -0.3 is 24.3 Å². The van der Waals surface area contributed by atoms with E-state index in [1.54, 1.807) is 20.8 Å². The second kappa shape index (κ2) is 15.0. The molecule has 218 valence electrons. The van der Waals surface area contributed by atoms with E-state index in [4.69, 9.17) is 13.9 Å². The van der Waals surface area contributed by atoms with E-state index in [2.05, 4.69) is 53.0 Å². The first-order chi connectivity index (χ1) is 17.4. The minimum atomic E-state index is -1.89. The van der Waals surface area contributed by atoms with Gasteiger partial charge in [-0.3, -0.25) is 0 Å². The molecule has 1 aromatic rings. The number of nitrogens with one attached hydrogen (secondary N) is 1. The van der Waals surface area contributed by atoms with Crippen LogP contribution in [0.5, 0.6) is 0 Å². The summed E-state index contributed by atoms with van der Waals surface area (Å²) in [5, 5.41) is 14.1. The van der Waals surface area contributed by atoms with Gasteiger partial charge in [0.05, 0.1) is 6.04 Å². The Kier molecular flexibility index (Phi) is 13.5. The van der Waals surface area contributed by atoms with Crippen LogP contribution >= 0.6 is 0 Å². The van der Waals surface area contributed by atoms with Gasteiger partial charge in [-0.2, -0.15) is 0 Å². The monoisotopic (exact) mass is 551 g/mol. The summed E-state index contributed by atoms with van der Waals surface area (Å²) in [5.41, 5.74) is 0.113. The van der Waals surface area contributed by atoms with E-state index in [1.807, 2.05) is 30.3 Å². The number of carbonyl (C=O) groups is 2. The number of hydrogen-bond acceptors (Lipinski definition) is 6. The quantitative estimate of drug-likeness (QED) is 0.149. The number of rotatable bonds is 14. The Hall–Kier alpha value is -1.90. The van der Waals surface area contributed by atoms with Crippen LogP contribution in [-0.2, 0) is 25.3 Å². The van der Waals surface area contributed by atoms with Crippen molar-refractivity contribution in [1.82, 2.24) is 5.32 Å². The van der Waals surface area contributed by atoms with Gasteiger partial charge >= 0.3 is 12.1 Å². The number of ether oxygens (including phenoxy) is 2. The first-order valence-electron chi connectivity index (χ1n) is 13.9. The molecule has 3 atom stereocenters. The maximum atomic E-state index is 13.0. The molecule has 0 saturated heterocycles. The van der Waals surface area contributed by atoms with Gasteiger partial charge in [-0.15, -0.1) is 0 Å². The molecule has 0 saturated carbocycles. The minimum absolute atomic E-state index is 0.0485. The molecule has 8 heteroatoms. The van der Waals surface area contributed by atoms with Crippen LogP contribution < -0.4 is 5.32 Å². The van der Waals surface area contributed by atoms with Crippen LogP contribution in [-0.4, -0.2) is 49.8 Å². The van der Waals surface area contributed by atoms with Gasteiger partial charge in [0.2, 0.25) is 0 Å². The van der Waals surface area contributed by atoms with Crippen molar-refractivity contribution in [2.24, 2.45) is 11.8 Å². The van der Waals surface area contributed by atoms with E-state index < -0.39 is 38.1 Å². The maximum absolute atomic E-state index is 13.0. The van der Waals surface area contributed by atoms with Crippen LogP contribution in [0.2, 0.25) is 18.1 Å². The number of aliphatic hydroxyl groups is 1. The molecule has 0 aliphatic heterocycles. The van der Waals surface area contributed by atoms with Gasteiger partial charge in [0, 0.05) is 6.61 Å². The third-order valence-electron chi connectivity index (χ3n) is 7.10. The molecular weight excluding hydrogens is 498 g/mol. The molecule has 0 aromatic heterocycles. The highest BCUT2D eigenvalue weighted by atomic mass is 28.4. The number of amides is 1. The molecule has 0 fully saturated rings. The van der Waals surface area contributed by atoms with Crippen molar-refractivity contribution in [2.75, 3.05) is 6.61 Å². The van der Waals surface area contributed by atoms with Crippen LogP contribution in [0, 0.1) is 11.8 Å². The van der Waals surface area contributed by atoms with E-state index >= 15 is 0 Å². The number of hydrogen-bond donors (Lipinski definition) is 2. The highest BCUT2D eigenvalue weighted by Gasteiger charge is 2.38. The van der Waals surface area contributed by atoms with Crippen molar-refractivity contribution >= 4 is 20.4 Å². The molecule has 0 aliphatic carbocycles. The van der Waals surface area contributed by atoms with E-state index in [0.29, 0.717) is 18.9 Å². The summed E-state index contributed by atoms with van der Waals surface area (Å²) in [6, 6.07) is 8.46. The number of benzene rings is 1. The normalized spacial score (nSPS) is 15.1. The molecule has 1 amide bonds.